The van der Waals surface area contributed by atoms with E-state index in [2.05, 4.69) is 24.2 Å². The molecule has 0 amide bonds. The van der Waals surface area contributed by atoms with Crippen molar-refractivity contribution in [2.45, 2.75) is 77.6 Å². The molecule has 3 rings (SSSR count). The molecule has 1 aliphatic heterocycles. The van der Waals surface area contributed by atoms with E-state index in [4.69, 9.17) is 23.7 Å². The average Bonchev–Trinajstić information content (AvgIpc) is 3.34. The van der Waals surface area contributed by atoms with E-state index in [1.54, 1.807) is 6.20 Å². The Morgan fingerprint density at radius 3 is 2.05 bits per heavy atom. The largest absolute Gasteiger partial charge is 0.467 e. The Morgan fingerprint density at radius 1 is 0.946 bits per heavy atom. The average molecular weight is 518 g/mol. The standard InChI is InChI=1S/C25H31N3O9/c1-7-13(2)17-8-10-18(11-9-17)19-12-28(27-26-19)24-22(36-16(5)31)20(34-14(3)29)21(35-15(4)30)23(37-24)25(32)33-6/h8-13,20-24H,7H2,1-6H3. The van der Waals surface area contributed by atoms with Crippen LogP contribution in [0, 0.1) is 0 Å². The number of rotatable bonds is 8. The smallest absolute Gasteiger partial charge is 0.339 e. The summed E-state index contributed by atoms with van der Waals surface area (Å²) in [6.07, 6.45) is -4.44. The molecule has 200 valence electrons. The van der Waals surface area contributed by atoms with Crippen LogP contribution in [0.4, 0.5) is 0 Å². The lowest BCUT2D eigenvalue weighted by Gasteiger charge is -2.43. The fourth-order valence-corrected chi connectivity index (χ4v) is 4.06. The van der Waals surface area contributed by atoms with Crippen molar-refractivity contribution in [2.24, 2.45) is 0 Å². The van der Waals surface area contributed by atoms with Crippen LogP contribution in [-0.4, -0.2) is 70.4 Å². The fraction of sp³-hybridized carbons (Fsp3) is 0.520. The molecule has 6 atom stereocenters. The summed E-state index contributed by atoms with van der Waals surface area (Å²) in [7, 11) is 1.13. The second-order valence-electron chi connectivity index (χ2n) is 8.71. The molecule has 1 aromatic carbocycles. The van der Waals surface area contributed by atoms with E-state index in [9.17, 15) is 19.2 Å². The summed E-state index contributed by atoms with van der Waals surface area (Å²) in [5.74, 6) is -2.75. The quantitative estimate of drug-likeness (QED) is 0.376. The van der Waals surface area contributed by atoms with E-state index >= 15 is 0 Å². The highest BCUT2D eigenvalue weighted by atomic mass is 16.7. The van der Waals surface area contributed by atoms with Gasteiger partial charge in [0.05, 0.1) is 13.3 Å². The zero-order valence-corrected chi connectivity index (χ0v) is 21.6. The predicted octanol–water partition coefficient (Wildman–Crippen LogP) is 2.32. The van der Waals surface area contributed by atoms with Crippen molar-refractivity contribution in [2.75, 3.05) is 7.11 Å². The third-order valence-electron chi connectivity index (χ3n) is 6.01. The lowest BCUT2D eigenvalue weighted by atomic mass is 9.96. The molecule has 37 heavy (non-hydrogen) atoms. The van der Waals surface area contributed by atoms with Gasteiger partial charge in [-0.15, -0.1) is 5.10 Å². The van der Waals surface area contributed by atoms with Crippen LogP contribution in [0.5, 0.6) is 0 Å². The number of esters is 4. The highest BCUT2D eigenvalue weighted by molar-refractivity contribution is 5.77. The first kappa shape index (κ1) is 27.8. The summed E-state index contributed by atoms with van der Waals surface area (Å²) in [4.78, 5) is 48.4. The maximum absolute atomic E-state index is 12.6. The minimum absolute atomic E-state index is 0.406. The highest BCUT2D eigenvalue weighted by Gasteiger charge is 2.55. The number of hydrogen-bond donors (Lipinski definition) is 0. The monoisotopic (exact) mass is 517 g/mol. The van der Waals surface area contributed by atoms with Gasteiger partial charge in [-0.25, -0.2) is 9.48 Å². The van der Waals surface area contributed by atoms with E-state index in [0.717, 1.165) is 39.9 Å². The molecule has 1 aromatic heterocycles. The SMILES string of the molecule is CCC(C)c1ccc(-c2cn(C3OC(C(=O)OC)C(OC(C)=O)C(OC(C)=O)C3OC(C)=O)nn2)cc1. The molecule has 0 spiro atoms. The first-order chi connectivity index (χ1) is 17.5. The maximum Gasteiger partial charge on any atom is 0.339 e. The van der Waals surface area contributed by atoms with Crippen molar-refractivity contribution in [3.05, 3.63) is 36.0 Å². The molecule has 2 heterocycles. The lowest BCUT2D eigenvalue weighted by Crippen LogP contribution is -2.61. The van der Waals surface area contributed by atoms with Crippen molar-refractivity contribution in [1.29, 1.82) is 0 Å². The van der Waals surface area contributed by atoms with Gasteiger partial charge in [-0.1, -0.05) is 43.3 Å². The van der Waals surface area contributed by atoms with Crippen LogP contribution >= 0.6 is 0 Å². The number of methoxy groups -OCH3 is 1. The number of nitrogens with zero attached hydrogens (tertiary/aromatic N) is 3. The molecule has 0 N–H and O–H groups in total. The zero-order valence-electron chi connectivity index (χ0n) is 21.6. The molecule has 1 fully saturated rings. The van der Waals surface area contributed by atoms with E-state index in [1.165, 1.54) is 10.2 Å². The molecule has 1 saturated heterocycles. The summed E-state index contributed by atoms with van der Waals surface area (Å²) in [5, 5.41) is 8.31. The molecule has 2 aromatic rings. The van der Waals surface area contributed by atoms with Gasteiger partial charge in [0.15, 0.2) is 30.6 Å². The van der Waals surface area contributed by atoms with Gasteiger partial charge in [-0.05, 0) is 17.9 Å². The normalized spacial score (nSPS) is 24.0. The second-order valence-corrected chi connectivity index (χ2v) is 8.71. The summed E-state index contributed by atoms with van der Waals surface area (Å²) in [5.41, 5.74) is 2.45. The van der Waals surface area contributed by atoms with Crippen LogP contribution in [0.3, 0.4) is 0 Å². The van der Waals surface area contributed by atoms with Gasteiger partial charge >= 0.3 is 23.9 Å². The molecule has 6 unspecified atom stereocenters. The Balaban J connectivity index is 2.03. The van der Waals surface area contributed by atoms with Gasteiger partial charge < -0.3 is 23.7 Å². The fourth-order valence-electron chi connectivity index (χ4n) is 4.06. The van der Waals surface area contributed by atoms with Crippen LogP contribution in [0.25, 0.3) is 11.3 Å². The van der Waals surface area contributed by atoms with Crippen LogP contribution in [0.2, 0.25) is 0 Å². The summed E-state index contributed by atoms with van der Waals surface area (Å²) >= 11 is 0. The zero-order chi connectivity index (χ0) is 27.3. The molecular weight excluding hydrogens is 486 g/mol. The molecule has 1 aliphatic rings. The van der Waals surface area contributed by atoms with Crippen LogP contribution < -0.4 is 0 Å². The molecule has 0 radical (unpaired) electrons. The third-order valence-corrected chi connectivity index (χ3v) is 6.01. The van der Waals surface area contributed by atoms with Crippen molar-refractivity contribution >= 4 is 23.9 Å². The van der Waals surface area contributed by atoms with Crippen molar-refractivity contribution in [3.63, 3.8) is 0 Å². The summed E-state index contributed by atoms with van der Waals surface area (Å²) < 4.78 is 28.1. The second kappa shape index (κ2) is 12.0. The Bertz CT molecular complexity index is 1130. The molecule has 12 nitrogen and oxygen atoms in total. The number of benzene rings is 1. The number of hydrogen-bond acceptors (Lipinski definition) is 11. The Labute approximate surface area is 214 Å². The summed E-state index contributed by atoms with van der Waals surface area (Å²) in [6.45, 7) is 7.65. The highest BCUT2D eigenvalue weighted by Crippen LogP contribution is 2.35. The van der Waals surface area contributed by atoms with Gasteiger partial charge in [-0.2, -0.15) is 0 Å². The van der Waals surface area contributed by atoms with E-state index in [0.29, 0.717) is 11.6 Å². The molecule has 0 saturated carbocycles. The Hall–Kier alpha value is -3.80. The van der Waals surface area contributed by atoms with Gasteiger partial charge in [-0.3, -0.25) is 14.4 Å². The minimum atomic E-state index is -1.52. The Morgan fingerprint density at radius 2 is 1.51 bits per heavy atom. The minimum Gasteiger partial charge on any atom is -0.467 e. The Kier molecular flexibility index (Phi) is 8.98. The topological polar surface area (TPSA) is 145 Å². The van der Waals surface area contributed by atoms with Gasteiger partial charge in [0.2, 0.25) is 0 Å². The number of carbonyl (C=O) groups is 4. The maximum atomic E-state index is 12.6. The van der Waals surface area contributed by atoms with Crippen molar-refractivity contribution in [3.8, 4) is 11.3 Å². The summed E-state index contributed by atoms with van der Waals surface area (Å²) in [6, 6.07) is 7.84. The van der Waals surface area contributed by atoms with E-state index in [1.807, 2.05) is 24.3 Å². The van der Waals surface area contributed by atoms with Crippen LogP contribution in [-0.2, 0) is 42.9 Å². The molecule has 0 aliphatic carbocycles. The van der Waals surface area contributed by atoms with Gasteiger partial charge in [0, 0.05) is 26.3 Å². The van der Waals surface area contributed by atoms with Crippen molar-refractivity contribution < 1.29 is 42.9 Å². The molecule has 0 bridgehead atoms. The van der Waals surface area contributed by atoms with E-state index in [-0.39, 0.29) is 0 Å². The predicted molar refractivity (Wildman–Crippen MR) is 127 cm³/mol. The van der Waals surface area contributed by atoms with E-state index < -0.39 is 54.5 Å². The first-order valence-corrected chi connectivity index (χ1v) is 11.8. The van der Waals surface area contributed by atoms with Crippen LogP contribution in [0.15, 0.2) is 30.5 Å². The lowest BCUT2D eigenvalue weighted by molar-refractivity contribution is -0.265. The number of aromatic nitrogens is 3. The van der Waals surface area contributed by atoms with Crippen molar-refractivity contribution in [1.82, 2.24) is 15.0 Å². The number of carbonyl (C=O) groups excluding carboxylic acids is 4. The van der Waals surface area contributed by atoms with Crippen LogP contribution in [0.1, 0.15) is 58.7 Å². The van der Waals surface area contributed by atoms with Gasteiger partial charge in [0.1, 0.15) is 5.69 Å². The molecule has 12 heteroatoms. The number of ether oxygens (including phenoxy) is 5. The first-order valence-electron chi connectivity index (χ1n) is 11.8. The third kappa shape index (κ3) is 6.50. The van der Waals surface area contributed by atoms with Gasteiger partial charge in [0.25, 0.3) is 0 Å². The molecular formula is C25H31N3O9.